The minimum Gasteiger partial charge on any atom is -0.383 e. The molecule has 0 spiro atoms. The maximum absolute atomic E-state index is 5.94. The van der Waals surface area contributed by atoms with E-state index in [4.69, 9.17) is 17.3 Å². The van der Waals surface area contributed by atoms with Gasteiger partial charge in [0.1, 0.15) is 17.3 Å². The van der Waals surface area contributed by atoms with Gasteiger partial charge in [0.15, 0.2) is 0 Å². The van der Waals surface area contributed by atoms with E-state index in [1.54, 1.807) is 0 Å². The van der Waals surface area contributed by atoms with E-state index in [0.717, 1.165) is 17.1 Å². The summed E-state index contributed by atoms with van der Waals surface area (Å²) in [6.07, 6.45) is 0. The lowest BCUT2D eigenvalue weighted by atomic mass is 10.1. The standard InChI is InChI=1S/C11H12ClN3/c1-7-14-10(11(13)15(7)2)8-4-3-5-9(12)6-8/h3-6H,13H2,1-2H3. The topological polar surface area (TPSA) is 43.8 Å². The van der Waals surface area contributed by atoms with Gasteiger partial charge in [0.05, 0.1) is 0 Å². The van der Waals surface area contributed by atoms with Crippen LogP contribution in [-0.2, 0) is 7.05 Å². The molecule has 0 fully saturated rings. The van der Waals surface area contributed by atoms with Gasteiger partial charge in [-0.1, -0.05) is 23.7 Å². The molecule has 0 amide bonds. The molecular formula is C11H12ClN3. The minimum atomic E-state index is 0.662. The summed E-state index contributed by atoms with van der Waals surface area (Å²) in [6.45, 7) is 1.92. The Labute approximate surface area is 93.5 Å². The third-order valence-electron chi connectivity index (χ3n) is 2.46. The Morgan fingerprint density at radius 1 is 1.40 bits per heavy atom. The summed E-state index contributed by atoms with van der Waals surface area (Å²) in [5.41, 5.74) is 7.68. The van der Waals surface area contributed by atoms with E-state index in [1.807, 2.05) is 42.8 Å². The first-order chi connectivity index (χ1) is 7.09. The summed E-state index contributed by atoms with van der Waals surface area (Å²) >= 11 is 5.92. The lowest BCUT2D eigenvalue weighted by molar-refractivity contribution is 0.868. The fourth-order valence-electron chi connectivity index (χ4n) is 1.48. The molecular weight excluding hydrogens is 210 g/mol. The molecule has 4 heteroatoms. The normalized spacial score (nSPS) is 10.6. The number of hydrogen-bond acceptors (Lipinski definition) is 2. The Hall–Kier alpha value is -1.48. The van der Waals surface area contributed by atoms with Crippen molar-refractivity contribution in [3.05, 3.63) is 35.1 Å². The van der Waals surface area contributed by atoms with Crippen molar-refractivity contribution in [1.29, 1.82) is 0 Å². The van der Waals surface area contributed by atoms with Gasteiger partial charge in [-0.05, 0) is 19.1 Å². The van der Waals surface area contributed by atoms with E-state index in [0.29, 0.717) is 10.8 Å². The molecule has 2 aromatic rings. The van der Waals surface area contributed by atoms with Gasteiger partial charge >= 0.3 is 0 Å². The van der Waals surface area contributed by atoms with E-state index in [-0.39, 0.29) is 0 Å². The van der Waals surface area contributed by atoms with Crippen molar-refractivity contribution >= 4 is 17.4 Å². The predicted molar refractivity (Wildman–Crippen MR) is 62.8 cm³/mol. The third kappa shape index (κ3) is 1.70. The number of nitrogens with zero attached hydrogens (tertiary/aromatic N) is 2. The van der Waals surface area contributed by atoms with Gasteiger partial charge in [0.2, 0.25) is 0 Å². The molecule has 1 aromatic carbocycles. The van der Waals surface area contributed by atoms with Crippen molar-refractivity contribution in [2.45, 2.75) is 6.92 Å². The number of nitrogens with two attached hydrogens (primary N) is 1. The van der Waals surface area contributed by atoms with Crippen LogP contribution >= 0.6 is 11.6 Å². The van der Waals surface area contributed by atoms with Crippen LogP contribution in [0.4, 0.5) is 5.82 Å². The van der Waals surface area contributed by atoms with Crippen LogP contribution in [0.5, 0.6) is 0 Å². The zero-order chi connectivity index (χ0) is 11.0. The van der Waals surface area contributed by atoms with Crippen molar-refractivity contribution in [1.82, 2.24) is 9.55 Å². The SMILES string of the molecule is Cc1nc(-c2cccc(Cl)c2)c(N)n1C. The molecule has 1 aromatic heterocycles. The number of aryl methyl sites for hydroxylation is 1. The summed E-state index contributed by atoms with van der Waals surface area (Å²) in [7, 11) is 1.89. The highest BCUT2D eigenvalue weighted by Gasteiger charge is 2.10. The van der Waals surface area contributed by atoms with Crippen molar-refractivity contribution in [2.75, 3.05) is 5.73 Å². The average molecular weight is 222 g/mol. The van der Waals surface area contributed by atoms with E-state index in [9.17, 15) is 0 Å². The smallest absolute Gasteiger partial charge is 0.131 e. The van der Waals surface area contributed by atoms with Gasteiger partial charge in [-0.2, -0.15) is 0 Å². The maximum atomic E-state index is 5.94. The zero-order valence-corrected chi connectivity index (χ0v) is 9.42. The fraction of sp³-hybridized carbons (Fsp3) is 0.182. The molecule has 3 nitrogen and oxygen atoms in total. The van der Waals surface area contributed by atoms with Crippen molar-refractivity contribution in [3.8, 4) is 11.3 Å². The van der Waals surface area contributed by atoms with Gasteiger partial charge < -0.3 is 10.3 Å². The summed E-state index contributed by atoms with van der Waals surface area (Å²) in [5.74, 6) is 1.55. The molecule has 0 aliphatic rings. The Kier molecular flexibility index (Phi) is 2.40. The van der Waals surface area contributed by atoms with Crippen LogP contribution in [0.25, 0.3) is 11.3 Å². The Morgan fingerprint density at radius 2 is 2.13 bits per heavy atom. The number of rotatable bonds is 1. The van der Waals surface area contributed by atoms with Crippen LogP contribution < -0.4 is 5.73 Å². The van der Waals surface area contributed by atoms with Crippen LogP contribution in [0.3, 0.4) is 0 Å². The van der Waals surface area contributed by atoms with Crippen LogP contribution in [0, 0.1) is 6.92 Å². The first kappa shape index (κ1) is 10.1. The second-order valence-corrected chi connectivity index (χ2v) is 3.90. The molecule has 15 heavy (non-hydrogen) atoms. The van der Waals surface area contributed by atoms with Gasteiger partial charge in [-0.25, -0.2) is 4.98 Å². The monoisotopic (exact) mass is 221 g/mol. The molecule has 0 radical (unpaired) electrons. The third-order valence-corrected chi connectivity index (χ3v) is 2.70. The molecule has 0 saturated carbocycles. The molecule has 0 atom stereocenters. The van der Waals surface area contributed by atoms with Crippen LogP contribution in [0.1, 0.15) is 5.82 Å². The summed E-state index contributed by atoms with van der Waals surface area (Å²) in [4.78, 5) is 4.40. The number of anilines is 1. The van der Waals surface area contributed by atoms with Crippen molar-refractivity contribution in [3.63, 3.8) is 0 Å². The van der Waals surface area contributed by atoms with E-state index < -0.39 is 0 Å². The minimum absolute atomic E-state index is 0.662. The summed E-state index contributed by atoms with van der Waals surface area (Å²) < 4.78 is 1.86. The van der Waals surface area contributed by atoms with E-state index in [1.165, 1.54) is 0 Å². The number of aromatic nitrogens is 2. The molecule has 0 unspecified atom stereocenters. The highest BCUT2D eigenvalue weighted by atomic mass is 35.5. The molecule has 0 bridgehead atoms. The van der Waals surface area contributed by atoms with E-state index >= 15 is 0 Å². The lowest BCUT2D eigenvalue weighted by Gasteiger charge is -2.00. The van der Waals surface area contributed by atoms with Gasteiger partial charge in [0.25, 0.3) is 0 Å². The number of hydrogen-bond donors (Lipinski definition) is 1. The Balaban J connectivity index is 2.59. The molecule has 2 N–H and O–H groups in total. The molecule has 0 aliphatic carbocycles. The van der Waals surface area contributed by atoms with Crippen LogP contribution in [0.15, 0.2) is 24.3 Å². The molecule has 0 aliphatic heterocycles. The van der Waals surface area contributed by atoms with Crippen molar-refractivity contribution in [2.24, 2.45) is 7.05 Å². The number of nitrogen functional groups attached to an aromatic ring is 1. The van der Waals surface area contributed by atoms with Crippen LogP contribution in [0.2, 0.25) is 5.02 Å². The summed E-state index contributed by atoms with van der Waals surface area (Å²) in [6, 6.07) is 7.53. The van der Waals surface area contributed by atoms with E-state index in [2.05, 4.69) is 4.98 Å². The highest BCUT2D eigenvalue weighted by Crippen LogP contribution is 2.27. The predicted octanol–water partition coefficient (Wildman–Crippen LogP) is 2.63. The van der Waals surface area contributed by atoms with Gasteiger partial charge in [-0.3, -0.25) is 0 Å². The molecule has 1 heterocycles. The highest BCUT2D eigenvalue weighted by molar-refractivity contribution is 6.30. The van der Waals surface area contributed by atoms with Gasteiger partial charge in [0, 0.05) is 17.6 Å². The zero-order valence-electron chi connectivity index (χ0n) is 8.66. The molecule has 2 rings (SSSR count). The maximum Gasteiger partial charge on any atom is 0.131 e. The first-order valence-electron chi connectivity index (χ1n) is 4.64. The van der Waals surface area contributed by atoms with Gasteiger partial charge in [-0.15, -0.1) is 0 Å². The Bertz CT molecular complexity index is 503. The number of imidazole rings is 1. The quantitative estimate of drug-likeness (QED) is 0.805. The molecule has 78 valence electrons. The average Bonchev–Trinajstić information content (AvgIpc) is 2.46. The van der Waals surface area contributed by atoms with Crippen LogP contribution in [-0.4, -0.2) is 9.55 Å². The first-order valence-corrected chi connectivity index (χ1v) is 5.02. The molecule has 0 saturated heterocycles. The second-order valence-electron chi connectivity index (χ2n) is 3.46. The van der Waals surface area contributed by atoms with Crippen molar-refractivity contribution < 1.29 is 0 Å². The Morgan fingerprint density at radius 3 is 2.67 bits per heavy atom. The second kappa shape index (κ2) is 3.59. The number of benzene rings is 1. The number of halogens is 1. The summed E-state index contributed by atoms with van der Waals surface area (Å²) in [5, 5.41) is 0.690. The fourth-order valence-corrected chi connectivity index (χ4v) is 1.67. The largest absolute Gasteiger partial charge is 0.383 e. The lowest BCUT2D eigenvalue weighted by Crippen LogP contribution is -1.98.